The first-order valence-electron chi connectivity index (χ1n) is 21.8. The van der Waals surface area contributed by atoms with Crippen LogP contribution in [-0.4, -0.2) is 41.0 Å². The number of esters is 2. The molecule has 0 saturated heterocycles. The fourth-order valence-corrected chi connectivity index (χ4v) is 6.97. The summed E-state index contributed by atoms with van der Waals surface area (Å²) in [4.78, 5) is 42.9. The van der Waals surface area contributed by atoms with Crippen molar-refractivity contribution in [2.24, 2.45) is 0 Å². The molecule has 0 aromatic rings. The monoisotopic (exact) mass is 747 g/mol. The number of phosphoric ester groups is 1. The Morgan fingerprint density at radius 3 is 1.00 bits per heavy atom. The van der Waals surface area contributed by atoms with Crippen LogP contribution >= 0.6 is 7.82 Å². The smallest absolute Gasteiger partial charge is 0.462 e. The van der Waals surface area contributed by atoms with E-state index in [1.54, 1.807) is 0 Å². The second kappa shape index (κ2) is 38.8. The Balaban J connectivity index is 3.84. The highest BCUT2D eigenvalue weighted by molar-refractivity contribution is 7.46. The number of hydrogen-bond donors (Lipinski definition) is 2. The minimum absolute atomic E-state index is 0.220. The molecule has 0 heterocycles. The zero-order valence-corrected chi connectivity index (χ0v) is 34.4. The lowest BCUT2D eigenvalue weighted by molar-refractivity contribution is -0.161. The fraction of sp³-hybridized carbons (Fsp3) is 0.952. The molecule has 1 atom stereocenters. The van der Waals surface area contributed by atoms with Crippen LogP contribution in [-0.2, 0) is 28.2 Å². The molecule has 0 aliphatic heterocycles. The molecule has 0 aliphatic rings. The lowest BCUT2D eigenvalue weighted by Crippen LogP contribution is -2.29. The van der Waals surface area contributed by atoms with Crippen molar-refractivity contribution in [3.63, 3.8) is 0 Å². The summed E-state index contributed by atoms with van der Waals surface area (Å²) in [6.07, 6.45) is 41.1. The molecule has 0 bridgehead atoms. The van der Waals surface area contributed by atoms with Crippen LogP contribution < -0.4 is 0 Å². The molecule has 0 aromatic heterocycles. The van der Waals surface area contributed by atoms with Gasteiger partial charge in [-0.1, -0.05) is 213 Å². The molecule has 0 rings (SSSR count). The molecule has 0 aliphatic carbocycles. The van der Waals surface area contributed by atoms with E-state index < -0.39 is 32.5 Å². The molecule has 2 N–H and O–H groups in total. The molecule has 0 aromatic carbocycles. The van der Waals surface area contributed by atoms with E-state index in [2.05, 4.69) is 18.4 Å². The summed E-state index contributed by atoms with van der Waals surface area (Å²) >= 11 is 0. The number of hydrogen-bond acceptors (Lipinski definition) is 6. The van der Waals surface area contributed by atoms with Gasteiger partial charge in [0.2, 0.25) is 0 Å². The molecule has 0 saturated carbocycles. The first kappa shape index (κ1) is 50.1. The lowest BCUT2D eigenvalue weighted by Gasteiger charge is -2.18. The predicted octanol–water partition coefficient (Wildman–Crippen LogP) is 13.2. The Labute approximate surface area is 315 Å². The highest BCUT2D eigenvalue weighted by atomic mass is 31.2. The molecular formula is C42H83O8P. The highest BCUT2D eigenvalue weighted by Gasteiger charge is 2.23. The van der Waals surface area contributed by atoms with Crippen molar-refractivity contribution in [3.05, 3.63) is 0 Å². The van der Waals surface area contributed by atoms with Gasteiger partial charge in [0, 0.05) is 12.8 Å². The van der Waals surface area contributed by atoms with E-state index in [0.29, 0.717) is 6.42 Å². The molecule has 0 radical (unpaired) electrons. The number of ether oxygens (including phenoxy) is 2. The second-order valence-electron chi connectivity index (χ2n) is 15.0. The van der Waals surface area contributed by atoms with E-state index >= 15 is 0 Å². The van der Waals surface area contributed by atoms with Crippen LogP contribution in [0.5, 0.6) is 0 Å². The summed E-state index contributed by atoms with van der Waals surface area (Å²) in [5.41, 5.74) is 0. The predicted molar refractivity (Wildman–Crippen MR) is 212 cm³/mol. The minimum atomic E-state index is -4.75. The third-order valence-electron chi connectivity index (χ3n) is 9.88. The van der Waals surface area contributed by atoms with Crippen molar-refractivity contribution in [1.29, 1.82) is 0 Å². The van der Waals surface area contributed by atoms with Crippen LogP contribution in [0.25, 0.3) is 0 Å². The van der Waals surface area contributed by atoms with E-state index in [9.17, 15) is 14.2 Å². The first-order valence-corrected chi connectivity index (χ1v) is 23.4. The van der Waals surface area contributed by atoms with Gasteiger partial charge < -0.3 is 19.3 Å². The maximum atomic E-state index is 12.4. The molecular weight excluding hydrogens is 663 g/mol. The summed E-state index contributed by atoms with van der Waals surface area (Å²) < 4.78 is 26.4. The number of phosphoric acid groups is 1. The molecule has 304 valence electrons. The van der Waals surface area contributed by atoms with Gasteiger partial charge in [-0.05, 0) is 12.8 Å². The molecule has 1 unspecified atom stereocenters. The van der Waals surface area contributed by atoms with Crippen molar-refractivity contribution in [1.82, 2.24) is 0 Å². The molecule has 0 spiro atoms. The van der Waals surface area contributed by atoms with Gasteiger partial charge in [-0.25, -0.2) is 4.57 Å². The molecule has 51 heavy (non-hydrogen) atoms. The largest absolute Gasteiger partial charge is 0.469 e. The van der Waals surface area contributed by atoms with Crippen LogP contribution in [0, 0.1) is 0 Å². The summed E-state index contributed by atoms with van der Waals surface area (Å²) in [5, 5.41) is 0. The Kier molecular flexibility index (Phi) is 38.0. The van der Waals surface area contributed by atoms with E-state index in [0.717, 1.165) is 32.1 Å². The Hall–Kier alpha value is -0.950. The number of carbonyl (C=O) groups is 2. The summed E-state index contributed by atoms with van der Waals surface area (Å²) in [6, 6.07) is 0. The van der Waals surface area contributed by atoms with Crippen molar-refractivity contribution in [2.45, 2.75) is 245 Å². The molecule has 0 fully saturated rings. The minimum Gasteiger partial charge on any atom is -0.462 e. The SMILES string of the molecule is CCCCCCCCCCCCCCCCCCCCC(=O)OC(COC(=O)CCCCCCCCCCCCCCCCC)COP(=O)(O)O. The Bertz CT molecular complexity index is 802. The average molecular weight is 747 g/mol. The summed E-state index contributed by atoms with van der Waals surface area (Å²) in [5.74, 6) is -0.866. The van der Waals surface area contributed by atoms with Gasteiger partial charge in [0.25, 0.3) is 0 Å². The first-order chi connectivity index (χ1) is 24.8. The zero-order chi connectivity index (χ0) is 37.5. The normalized spacial score (nSPS) is 12.3. The van der Waals surface area contributed by atoms with Gasteiger partial charge in [-0.3, -0.25) is 14.1 Å². The van der Waals surface area contributed by atoms with Crippen molar-refractivity contribution in [3.8, 4) is 0 Å². The quantitative estimate of drug-likeness (QED) is 0.0360. The standard InChI is InChI=1S/C42H83O8P/c1-3-5-7-9-11-13-15-17-19-20-21-23-25-27-29-31-33-35-37-42(44)50-40(39-49-51(45,46)47)38-48-41(43)36-34-32-30-28-26-24-22-18-16-14-12-10-8-6-4-2/h40H,3-39H2,1-2H3,(H2,45,46,47). The molecule has 9 heteroatoms. The van der Waals surface area contributed by atoms with E-state index in [1.165, 1.54) is 173 Å². The highest BCUT2D eigenvalue weighted by Crippen LogP contribution is 2.36. The molecule has 0 amide bonds. The van der Waals surface area contributed by atoms with Crippen LogP contribution in [0.4, 0.5) is 0 Å². The maximum Gasteiger partial charge on any atom is 0.469 e. The Morgan fingerprint density at radius 1 is 0.431 bits per heavy atom. The van der Waals surface area contributed by atoms with Crippen LogP contribution in [0.3, 0.4) is 0 Å². The fourth-order valence-electron chi connectivity index (χ4n) is 6.61. The van der Waals surface area contributed by atoms with Crippen LogP contribution in [0.2, 0.25) is 0 Å². The van der Waals surface area contributed by atoms with Gasteiger partial charge >= 0.3 is 19.8 Å². The third-order valence-corrected chi connectivity index (χ3v) is 10.4. The van der Waals surface area contributed by atoms with Crippen LogP contribution in [0.15, 0.2) is 0 Å². The maximum absolute atomic E-state index is 12.4. The van der Waals surface area contributed by atoms with E-state index in [4.69, 9.17) is 19.3 Å². The molecule has 8 nitrogen and oxygen atoms in total. The third kappa shape index (κ3) is 41.7. The Morgan fingerprint density at radius 2 is 0.706 bits per heavy atom. The van der Waals surface area contributed by atoms with Crippen molar-refractivity contribution in [2.75, 3.05) is 13.2 Å². The van der Waals surface area contributed by atoms with Crippen molar-refractivity contribution < 1.29 is 37.9 Å². The van der Waals surface area contributed by atoms with E-state index in [-0.39, 0.29) is 19.4 Å². The topological polar surface area (TPSA) is 119 Å². The average Bonchev–Trinajstić information content (AvgIpc) is 3.10. The van der Waals surface area contributed by atoms with Gasteiger partial charge in [0.1, 0.15) is 6.61 Å². The van der Waals surface area contributed by atoms with Crippen LogP contribution in [0.1, 0.15) is 239 Å². The van der Waals surface area contributed by atoms with Gasteiger partial charge in [0.15, 0.2) is 6.10 Å². The van der Waals surface area contributed by atoms with Gasteiger partial charge in [-0.15, -0.1) is 0 Å². The zero-order valence-electron chi connectivity index (χ0n) is 33.5. The summed E-state index contributed by atoms with van der Waals surface area (Å²) in [7, 11) is -4.75. The number of rotatable bonds is 41. The lowest BCUT2D eigenvalue weighted by atomic mass is 10.0. The van der Waals surface area contributed by atoms with Gasteiger partial charge in [0.05, 0.1) is 6.61 Å². The van der Waals surface area contributed by atoms with Crippen molar-refractivity contribution >= 4 is 19.8 Å². The second-order valence-corrected chi connectivity index (χ2v) is 16.3. The number of unbranched alkanes of at least 4 members (excludes halogenated alkanes) is 31. The number of carbonyl (C=O) groups excluding carboxylic acids is 2. The summed E-state index contributed by atoms with van der Waals surface area (Å²) in [6.45, 7) is 3.72. The van der Waals surface area contributed by atoms with Gasteiger partial charge in [-0.2, -0.15) is 0 Å². The van der Waals surface area contributed by atoms with E-state index in [1.807, 2.05) is 0 Å².